The van der Waals surface area contributed by atoms with Crippen LogP contribution >= 0.6 is 15.6 Å². The maximum Gasteiger partial charge on any atom is 0.478 e. The minimum Gasteiger partial charge on any atom is -0.756 e. The number of nitrogens with one attached hydrogen (secondary N) is 2. The van der Waals surface area contributed by atoms with Gasteiger partial charge in [-0.15, -0.1) is 0 Å². The molecule has 38 heavy (non-hydrogen) atoms. The number of hydrogen-bond donors (Lipinski definition) is 7. The third-order valence-electron chi connectivity index (χ3n) is 5.52. The van der Waals surface area contributed by atoms with E-state index in [-0.39, 0.29) is 0 Å². The van der Waals surface area contributed by atoms with Crippen molar-refractivity contribution in [1.82, 2.24) is 14.9 Å². The van der Waals surface area contributed by atoms with Gasteiger partial charge in [-0.2, -0.15) is 0 Å². The second-order valence-electron chi connectivity index (χ2n) is 8.38. The van der Waals surface area contributed by atoms with Gasteiger partial charge in [-0.1, -0.05) is 0 Å². The number of phosphoric acid groups is 2. The van der Waals surface area contributed by atoms with Crippen LogP contribution in [-0.4, -0.2) is 96.3 Å². The van der Waals surface area contributed by atoms with Crippen LogP contribution in [0.25, 0.3) is 0 Å². The van der Waals surface area contributed by atoms with Crippen molar-refractivity contribution in [1.29, 1.82) is 0 Å². The number of carbonyl (C=O) groups is 1. The van der Waals surface area contributed by atoms with Gasteiger partial charge in [0.05, 0.1) is 18.8 Å². The van der Waals surface area contributed by atoms with Crippen molar-refractivity contribution in [2.45, 2.75) is 69.0 Å². The molecule has 2 aliphatic rings. The van der Waals surface area contributed by atoms with Crippen molar-refractivity contribution in [2.75, 3.05) is 6.61 Å². The molecule has 0 bridgehead atoms. The Labute approximate surface area is 212 Å². The van der Waals surface area contributed by atoms with Gasteiger partial charge in [-0.25, -0.2) is 13.7 Å². The monoisotopic (exact) mass is 590 g/mol. The predicted octanol–water partition coefficient (Wildman–Crippen LogP) is -4.25. The SMILES string of the molecule is CC(=O)N[C@@H]1C(O)[C@H](OP(=O)([O-])OP(=O)(O)OC[C@H]2O[C@@H](n3ccc(=O)[nH]c3=O)C(O)[C@H]2O)OC(C)[C@@H]1O. The standard InChI is InChI=1S/C17H27N3O16P2/c1-6-11(23)10(18-7(2)21)13(25)16(33-6)35-38(30,31)36-37(28,29)32-5-8-12(24)14(26)15(34-8)20-4-3-9(22)19-17(20)27/h3-4,6,8,10-16,23-26H,5H2,1-2H3,(H,18,21)(H,28,29)(H,30,31)(H,19,22,27)/p-1/t6?,8-,10+,11+,12+,13?,14?,15-,16+/m1/s1. The molecule has 0 aromatic carbocycles. The number of aromatic nitrogens is 2. The molecule has 2 saturated heterocycles. The van der Waals surface area contributed by atoms with Crippen LogP contribution in [0.5, 0.6) is 0 Å². The molecule has 11 atom stereocenters. The zero-order valence-corrected chi connectivity index (χ0v) is 21.4. The smallest absolute Gasteiger partial charge is 0.478 e. The Morgan fingerprint density at radius 3 is 2.42 bits per heavy atom. The molecule has 1 aromatic rings. The lowest BCUT2D eigenvalue weighted by Gasteiger charge is -2.42. The Morgan fingerprint density at radius 2 is 1.82 bits per heavy atom. The molecule has 3 heterocycles. The van der Waals surface area contributed by atoms with Crippen LogP contribution in [0.2, 0.25) is 0 Å². The molecule has 0 radical (unpaired) electrons. The van der Waals surface area contributed by atoms with Gasteiger partial charge in [0, 0.05) is 19.2 Å². The lowest BCUT2D eigenvalue weighted by Crippen LogP contribution is -2.63. The van der Waals surface area contributed by atoms with Gasteiger partial charge in [0.25, 0.3) is 13.4 Å². The lowest BCUT2D eigenvalue weighted by molar-refractivity contribution is -0.280. The van der Waals surface area contributed by atoms with Crippen molar-refractivity contribution in [2.24, 2.45) is 0 Å². The van der Waals surface area contributed by atoms with E-state index in [9.17, 15) is 53.7 Å². The summed E-state index contributed by atoms with van der Waals surface area (Å²) in [4.78, 5) is 58.4. The molecule has 19 nitrogen and oxygen atoms in total. The van der Waals surface area contributed by atoms with Gasteiger partial charge < -0.3 is 45.0 Å². The first-order valence-electron chi connectivity index (χ1n) is 10.8. The van der Waals surface area contributed by atoms with E-state index in [4.69, 9.17) is 9.47 Å². The Morgan fingerprint density at radius 1 is 1.16 bits per heavy atom. The number of rotatable bonds is 9. The average molecular weight is 590 g/mol. The molecule has 1 aromatic heterocycles. The van der Waals surface area contributed by atoms with Crippen LogP contribution in [-0.2, 0) is 36.8 Å². The molecule has 21 heteroatoms. The van der Waals surface area contributed by atoms with Crippen molar-refractivity contribution in [3.8, 4) is 0 Å². The fourth-order valence-corrected chi connectivity index (χ4v) is 5.83. The number of aliphatic hydroxyl groups is 4. The minimum absolute atomic E-state index is 0.676. The van der Waals surface area contributed by atoms with E-state index in [1.165, 1.54) is 6.92 Å². The van der Waals surface area contributed by atoms with E-state index in [1.54, 1.807) is 0 Å². The Hall–Kier alpha value is -1.83. The van der Waals surface area contributed by atoms with Crippen LogP contribution in [0.3, 0.4) is 0 Å². The highest BCUT2D eigenvalue weighted by Gasteiger charge is 2.47. The fraction of sp³-hybridized carbons (Fsp3) is 0.706. The molecule has 0 spiro atoms. The molecule has 0 saturated carbocycles. The van der Waals surface area contributed by atoms with Gasteiger partial charge in [0.2, 0.25) is 5.91 Å². The summed E-state index contributed by atoms with van der Waals surface area (Å²) in [7, 11) is -11.3. The highest BCUT2D eigenvalue weighted by Crippen LogP contribution is 2.59. The van der Waals surface area contributed by atoms with E-state index in [0.29, 0.717) is 0 Å². The minimum atomic E-state index is -5.79. The van der Waals surface area contributed by atoms with E-state index < -0.39 is 94.6 Å². The zero-order valence-electron chi connectivity index (χ0n) is 19.6. The molecular formula is C17H26N3O16P2-. The van der Waals surface area contributed by atoms with Crippen LogP contribution < -0.4 is 21.5 Å². The first-order valence-corrected chi connectivity index (χ1v) is 13.8. The number of carbonyl (C=O) groups excluding carboxylic acids is 1. The average Bonchev–Trinajstić information content (AvgIpc) is 3.06. The summed E-state index contributed by atoms with van der Waals surface area (Å²) >= 11 is 0. The molecule has 0 aliphatic carbocycles. The number of hydrogen-bond acceptors (Lipinski definition) is 15. The summed E-state index contributed by atoms with van der Waals surface area (Å²) in [5, 5.41) is 42.9. The Kier molecular flexibility index (Phi) is 9.48. The second kappa shape index (κ2) is 11.7. The highest BCUT2D eigenvalue weighted by molar-refractivity contribution is 7.60. The van der Waals surface area contributed by atoms with Gasteiger partial charge in [-0.05, 0) is 6.92 Å². The van der Waals surface area contributed by atoms with Crippen LogP contribution in [0.15, 0.2) is 21.9 Å². The summed E-state index contributed by atoms with van der Waals surface area (Å²) in [5.41, 5.74) is -1.74. The maximum atomic E-state index is 12.2. The molecule has 2 fully saturated rings. The number of amides is 1. The van der Waals surface area contributed by atoms with E-state index in [0.717, 1.165) is 23.8 Å². The van der Waals surface area contributed by atoms with Crippen molar-refractivity contribution < 1.29 is 67.0 Å². The number of ether oxygens (including phenoxy) is 2. The number of H-pyrrole nitrogens is 1. The maximum absolute atomic E-state index is 12.2. The van der Waals surface area contributed by atoms with Gasteiger partial charge in [0.1, 0.15) is 30.5 Å². The zero-order chi connectivity index (χ0) is 28.6. The fourth-order valence-electron chi connectivity index (χ4n) is 3.72. The molecular weight excluding hydrogens is 564 g/mol. The molecule has 2 aliphatic heterocycles. The van der Waals surface area contributed by atoms with E-state index in [2.05, 4.69) is 18.7 Å². The summed E-state index contributed by atoms with van der Waals surface area (Å²) in [6.07, 6.45) is -12.4. The Bertz CT molecular complexity index is 1220. The number of aliphatic hydroxyl groups excluding tert-OH is 4. The first kappa shape index (κ1) is 30.7. The third kappa shape index (κ3) is 7.22. The Balaban J connectivity index is 1.62. The number of nitrogens with zero attached hydrogens (tertiary/aromatic N) is 1. The first-order chi connectivity index (χ1) is 17.5. The van der Waals surface area contributed by atoms with E-state index in [1.807, 2.05) is 4.98 Å². The number of phosphoric ester groups is 2. The van der Waals surface area contributed by atoms with Crippen LogP contribution in [0.4, 0.5) is 0 Å². The molecule has 1 amide bonds. The normalized spacial score (nSPS) is 36.8. The van der Waals surface area contributed by atoms with Gasteiger partial charge >= 0.3 is 13.5 Å². The van der Waals surface area contributed by atoms with Crippen LogP contribution in [0, 0.1) is 0 Å². The van der Waals surface area contributed by atoms with E-state index >= 15 is 0 Å². The van der Waals surface area contributed by atoms with Crippen molar-refractivity contribution in [3.05, 3.63) is 33.1 Å². The molecule has 216 valence electrons. The molecule has 7 N–H and O–H groups in total. The second-order valence-corrected chi connectivity index (χ2v) is 11.3. The van der Waals surface area contributed by atoms with Gasteiger partial charge in [-0.3, -0.25) is 32.8 Å². The quantitative estimate of drug-likeness (QED) is 0.134. The summed E-state index contributed by atoms with van der Waals surface area (Å²) in [6, 6.07) is -0.490. The molecule has 3 rings (SSSR count). The predicted molar refractivity (Wildman–Crippen MR) is 117 cm³/mol. The number of aromatic amines is 1. The topological polar surface area (TPSA) is 288 Å². The summed E-state index contributed by atoms with van der Waals surface area (Å²) in [6.45, 7) is 1.31. The third-order valence-corrected chi connectivity index (χ3v) is 8.08. The summed E-state index contributed by atoms with van der Waals surface area (Å²) in [5.74, 6) is -0.676. The summed E-state index contributed by atoms with van der Waals surface area (Å²) < 4.78 is 48.6. The van der Waals surface area contributed by atoms with Crippen LogP contribution in [0.1, 0.15) is 20.1 Å². The molecule has 5 unspecified atom stereocenters. The van der Waals surface area contributed by atoms with Crippen molar-refractivity contribution in [3.63, 3.8) is 0 Å². The highest BCUT2D eigenvalue weighted by atomic mass is 31.3. The van der Waals surface area contributed by atoms with Gasteiger partial charge in [0.15, 0.2) is 12.5 Å². The van der Waals surface area contributed by atoms with Crippen molar-refractivity contribution >= 4 is 21.6 Å². The lowest BCUT2D eigenvalue weighted by atomic mass is 9.97. The largest absolute Gasteiger partial charge is 0.756 e.